The number of nitrogens with one attached hydrogen (secondary N) is 1. The van der Waals surface area contributed by atoms with Crippen LogP contribution in [0.1, 0.15) is 61.9 Å². The molecule has 0 radical (unpaired) electrons. The van der Waals surface area contributed by atoms with E-state index < -0.39 is 29.7 Å². The first-order valence-corrected chi connectivity index (χ1v) is 14.9. The lowest BCUT2D eigenvalue weighted by Crippen LogP contribution is -2.35. The third-order valence-electron chi connectivity index (χ3n) is 8.19. The highest BCUT2D eigenvalue weighted by atomic mass is 19.1. The number of likely N-dealkylation sites (tertiary alicyclic amines) is 1. The predicted molar refractivity (Wildman–Crippen MR) is 161 cm³/mol. The van der Waals surface area contributed by atoms with Crippen molar-refractivity contribution < 1.29 is 33.3 Å². The number of nitrogens with zero attached hydrogens (tertiary/aromatic N) is 1. The van der Waals surface area contributed by atoms with Gasteiger partial charge in [-0.15, -0.1) is 0 Å². The number of carboxylic acid groups (broad SMARTS) is 1. The van der Waals surface area contributed by atoms with Crippen molar-refractivity contribution in [2.24, 2.45) is 11.8 Å². The van der Waals surface area contributed by atoms with Crippen molar-refractivity contribution in [3.05, 3.63) is 82.7 Å². The number of para-hydroxylation sites is 1. The normalized spacial score (nSPS) is 19.5. The van der Waals surface area contributed by atoms with Crippen LogP contribution in [0.4, 0.5) is 10.1 Å². The van der Waals surface area contributed by atoms with Gasteiger partial charge in [0.2, 0.25) is 12.7 Å². The van der Waals surface area contributed by atoms with Crippen molar-refractivity contribution in [3.8, 4) is 17.2 Å². The van der Waals surface area contributed by atoms with Gasteiger partial charge in [-0.25, -0.2) is 4.39 Å². The topological polar surface area (TPSA) is 97.3 Å². The minimum atomic E-state index is -1.07. The standard InChI is InChI=1S/C34H39FN2O6/c1-5-21-8-7-9-22(6-2)32(21)36-30(38)17-37-16-26(25-14-28-29(15-27(25)35)43-19-42-28)31(34(39)40)33(37)23-10-12-24(13-11-23)41-18-20(3)4/h7-15,20,26,31,33H,5-6,16-19H2,1-4H3,(H,36,38)(H,39,40)/t26-,31?,33+/m1/s1. The lowest BCUT2D eigenvalue weighted by molar-refractivity contribution is -0.143. The van der Waals surface area contributed by atoms with E-state index in [-0.39, 0.29) is 37.1 Å². The van der Waals surface area contributed by atoms with Crippen LogP contribution >= 0.6 is 0 Å². The number of anilines is 1. The fourth-order valence-electron chi connectivity index (χ4n) is 6.11. The molecule has 3 aromatic rings. The maximum Gasteiger partial charge on any atom is 0.309 e. The summed E-state index contributed by atoms with van der Waals surface area (Å²) in [7, 11) is 0. The second kappa shape index (κ2) is 13.0. The Bertz CT molecular complexity index is 1450. The first kappa shape index (κ1) is 30.4. The average molecular weight is 591 g/mol. The Labute approximate surface area is 251 Å². The van der Waals surface area contributed by atoms with Crippen LogP contribution in [0, 0.1) is 17.7 Å². The Morgan fingerprint density at radius 2 is 1.70 bits per heavy atom. The molecule has 1 saturated heterocycles. The van der Waals surface area contributed by atoms with Crippen LogP contribution in [0.5, 0.6) is 17.2 Å². The smallest absolute Gasteiger partial charge is 0.309 e. The molecule has 2 N–H and O–H groups in total. The van der Waals surface area contributed by atoms with Crippen molar-refractivity contribution in [2.45, 2.75) is 52.5 Å². The van der Waals surface area contributed by atoms with Gasteiger partial charge < -0.3 is 24.6 Å². The van der Waals surface area contributed by atoms with Crippen LogP contribution in [0.2, 0.25) is 0 Å². The third-order valence-corrected chi connectivity index (χ3v) is 8.19. The van der Waals surface area contributed by atoms with Gasteiger partial charge in [0.25, 0.3) is 0 Å². The number of ether oxygens (including phenoxy) is 3. The fourth-order valence-corrected chi connectivity index (χ4v) is 6.11. The lowest BCUT2D eigenvalue weighted by atomic mass is 9.82. The average Bonchev–Trinajstić information content (AvgIpc) is 3.60. The highest BCUT2D eigenvalue weighted by Crippen LogP contribution is 2.48. The van der Waals surface area contributed by atoms with Gasteiger partial charge in [0.15, 0.2) is 11.5 Å². The van der Waals surface area contributed by atoms with Crippen molar-refractivity contribution in [1.29, 1.82) is 0 Å². The molecule has 0 bridgehead atoms. The molecule has 1 unspecified atom stereocenters. The van der Waals surface area contributed by atoms with Crippen molar-refractivity contribution in [3.63, 3.8) is 0 Å². The molecule has 0 spiro atoms. The highest BCUT2D eigenvalue weighted by Gasteiger charge is 2.49. The number of halogens is 1. The summed E-state index contributed by atoms with van der Waals surface area (Å²) in [4.78, 5) is 28.4. The van der Waals surface area contributed by atoms with E-state index >= 15 is 4.39 Å². The number of aryl methyl sites for hydroxylation is 2. The van der Waals surface area contributed by atoms with E-state index in [0.717, 1.165) is 29.7 Å². The molecule has 1 fully saturated rings. The Balaban J connectivity index is 1.49. The molecule has 0 aromatic heterocycles. The fraction of sp³-hybridized carbons (Fsp3) is 0.412. The second-order valence-corrected chi connectivity index (χ2v) is 11.6. The van der Waals surface area contributed by atoms with Gasteiger partial charge in [-0.2, -0.15) is 0 Å². The quantitative estimate of drug-likeness (QED) is 0.275. The number of rotatable bonds is 11. The Kier molecular flexibility index (Phi) is 9.20. The van der Waals surface area contributed by atoms with Gasteiger partial charge in [0.05, 0.1) is 19.1 Å². The number of carbonyl (C=O) groups excluding carboxylic acids is 1. The van der Waals surface area contributed by atoms with E-state index in [1.165, 1.54) is 12.1 Å². The maximum absolute atomic E-state index is 15.5. The molecular formula is C34H39FN2O6. The van der Waals surface area contributed by atoms with Gasteiger partial charge in [-0.3, -0.25) is 14.5 Å². The zero-order valence-electron chi connectivity index (χ0n) is 25.1. The number of benzene rings is 3. The minimum absolute atomic E-state index is 0.0234. The molecule has 9 heteroatoms. The summed E-state index contributed by atoms with van der Waals surface area (Å²) < 4.78 is 32.1. The predicted octanol–water partition coefficient (Wildman–Crippen LogP) is 6.19. The van der Waals surface area contributed by atoms with Crippen molar-refractivity contribution >= 4 is 17.6 Å². The maximum atomic E-state index is 15.5. The highest BCUT2D eigenvalue weighted by molar-refractivity contribution is 5.94. The van der Waals surface area contributed by atoms with Crippen LogP contribution in [-0.2, 0) is 22.4 Å². The summed E-state index contributed by atoms with van der Waals surface area (Å²) in [5, 5.41) is 13.7. The third kappa shape index (κ3) is 6.46. The summed E-state index contributed by atoms with van der Waals surface area (Å²) in [6, 6.07) is 15.4. The van der Waals surface area contributed by atoms with E-state index in [4.69, 9.17) is 14.2 Å². The molecule has 2 aliphatic rings. The molecule has 0 saturated carbocycles. The Morgan fingerprint density at radius 1 is 1.05 bits per heavy atom. The molecule has 228 valence electrons. The lowest BCUT2D eigenvalue weighted by Gasteiger charge is -2.27. The molecule has 1 amide bonds. The van der Waals surface area contributed by atoms with Crippen molar-refractivity contribution in [1.82, 2.24) is 4.90 Å². The molecule has 5 rings (SSSR count). The van der Waals surface area contributed by atoms with Crippen LogP contribution in [0.15, 0.2) is 54.6 Å². The molecular weight excluding hydrogens is 551 g/mol. The number of aliphatic carboxylic acids is 1. The Hall–Kier alpha value is -4.11. The monoisotopic (exact) mass is 590 g/mol. The number of hydrogen-bond donors (Lipinski definition) is 2. The first-order valence-electron chi connectivity index (χ1n) is 14.9. The van der Waals surface area contributed by atoms with Crippen molar-refractivity contribution in [2.75, 3.05) is 31.8 Å². The van der Waals surface area contributed by atoms with E-state index in [9.17, 15) is 14.7 Å². The van der Waals surface area contributed by atoms with Gasteiger partial charge in [0, 0.05) is 30.3 Å². The summed E-state index contributed by atoms with van der Waals surface area (Å²) in [6.07, 6.45) is 1.52. The largest absolute Gasteiger partial charge is 0.493 e. The molecule has 43 heavy (non-hydrogen) atoms. The summed E-state index contributed by atoms with van der Waals surface area (Å²) in [5.74, 6) is -1.97. The van der Waals surface area contributed by atoms with Crippen LogP contribution < -0.4 is 19.5 Å². The minimum Gasteiger partial charge on any atom is -0.493 e. The molecule has 8 nitrogen and oxygen atoms in total. The zero-order valence-corrected chi connectivity index (χ0v) is 25.1. The van der Waals surface area contributed by atoms with Crippen LogP contribution in [0.3, 0.4) is 0 Å². The number of fused-ring (bicyclic) bond motifs is 1. The Morgan fingerprint density at radius 3 is 2.30 bits per heavy atom. The van der Waals surface area contributed by atoms with Crippen LogP contribution in [-0.4, -0.2) is 48.4 Å². The molecule has 3 atom stereocenters. The molecule has 2 heterocycles. The molecule has 0 aliphatic carbocycles. The SMILES string of the molecule is CCc1cccc(CC)c1NC(=O)CN1C[C@H](c2cc3c(cc2F)OCO3)C(C(=O)O)[C@@H]1c1ccc(OCC(C)C)cc1. The van der Waals surface area contributed by atoms with Gasteiger partial charge in [-0.05, 0) is 59.2 Å². The van der Waals surface area contributed by atoms with E-state index in [1.54, 1.807) is 0 Å². The molecule has 2 aliphatic heterocycles. The van der Waals surface area contributed by atoms with E-state index in [0.29, 0.717) is 29.6 Å². The molecule has 3 aromatic carbocycles. The zero-order chi connectivity index (χ0) is 30.7. The number of carbonyl (C=O) groups is 2. The van der Waals surface area contributed by atoms with Crippen LogP contribution in [0.25, 0.3) is 0 Å². The summed E-state index contributed by atoms with van der Waals surface area (Å²) in [5.41, 5.74) is 3.81. The van der Waals surface area contributed by atoms with Gasteiger partial charge >= 0.3 is 5.97 Å². The van der Waals surface area contributed by atoms with Gasteiger partial charge in [0.1, 0.15) is 11.6 Å². The summed E-state index contributed by atoms with van der Waals surface area (Å²) >= 11 is 0. The van der Waals surface area contributed by atoms with E-state index in [1.807, 2.05) is 61.2 Å². The first-order chi connectivity index (χ1) is 20.7. The second-order valence-electron chi connectivity index (χ2n) is 11.6. The number of hydrogen-bond acceptors (Lipinski definition) is 6. The van der Waals surface area contributed by atoms with Gasteiger partial charge in [-0.1, -0.05) is 58.0 Å². The number of carboxylic acids is 1. The summed E-state index contributed by atoms with van der Waals surface area (Å²) in [6.45, 7) is 8.82. The van der Waals surface area contributed by atoms with E-state index in [2.05, 4.69) is 19.2 Å². The number of amides is 1.